The molecule has 1 N–H and O–H groups in total. The van der Waals surface area contributed by atoms with Gasteiger partial charge in [0.15, 0.2) is 5.50 Å². The Morgan fingerprint density at radius 1 is 1.35 bits per heavy atom. The monoisotopic (exact) mass is 294 g/mol. The van der Waals surface area contributed by atoms with E-state index in [4.69, 9.17) is 9.47 Å². The molecule has 0 spiro atoms. The van der Waals surface area contributed by atoms with Crippen LogP contribution in [-0.2, 0) is 4.79 Å². The second kappa shape index (κ2) is 4.78. The lowest BCUT2D eigenvalue weighted by atomic mass is 10.2. The lowest BCUT2D eigenvalue weighted by molar-refractivity contribution is -0.123. The largest absolute Gasteiger partial charge is 0.495 e. The summed E-state index contributed by atoms with van der Waals surface area (Å²) < 4.78 is 10.8. The second-order valence-corrected chi connectivity index (χ2v) is 5.31. The number of carbonyl (C=O) groups excluding carboxylic acids is 1. The summed E-state index contributed by atoms with van der Waals surface area (Å²) >= 11 is 1.54. The van der Waals surface area contributed by atoms with Gasteiger partial charge < -0.3 is 9.47 Å². The van der Waals surface area contributed by atoms with Crippen molar-refractivity contribution < 1.29 is 14.3 Å². The van der Waals surface area contributed by atoms with Crippen molar-refractivity contribution in [1.29, 1.82) is 0 Å². The van der Waals surface area contributed by atoms with Gasteiger partial charge in [0, 0.05) is 6.92 Å². The highest BCUT2D eigenvalue weighted by Crippen LogP contribution is 2.53. The van der Waals surface area contributed by atoms with E-state index < -0.39 is 0 Å². The van der Waals surface area contributed by atoms with Gasteiger partial charge in [0.25, 0.3) is 0 Å². The molecule has 8 heteroatoms. The first-order valence-corrected chi connectivity index (χ1v) is 6.84. The number of rotatable bonds is 3. The first-order chi connectivity index (χ1) is 9.65. The average molecular weight is 294 g/mol. The predicted molar refractivity (Wildman–Crippen MR) is 75.8 cm³/mol. The van der Waals surface area contributed by atoms with Crippen molar-refractivity contribution >= 4 is 29.7 Å². The van der Waals surface area contributed by atoms with Gasteiger partial charge in [-0.1, -0.05) is 11.8 Å². The Morgan fingerprint density at radius 2 is 2.05 bits per heavy atom. The summed E-state index contributed by atoms with van der Waals surface area (Å²) in [6, 6.07) is 3.72. The molecule has 2 aliphatic heterocycles. The molecule has 20 heavy (non-hydrogen) atoms. The third-order valence-corrected chi connectivity index (χ3v) is 4.27. The van der Waals surface area contributed by atoms with Crippen molar-refractivity contribution in [2.45, 2.75) is 17.3 Å². The van der Waals surface area contributed by atoms with Gasteiger partial charge >= 0.3 is 0 Å². The molecule has 0 radical (unpaired) electrons. The summed E-state index contributed by atoms with van der Waals surface area (Å²) in [6.45, 7) is 1.45. The summed E-state index contributed by atoms with van der Waals surface area (Å²) in [5.74, 6) is 1.35. The first kappa shape index (κ1) is 12.9. The van der Waals surface area contributed by atoms with Crippen LogP contribution < -0.4 is 19.8 Å². The second-order valence-electron chi connectivity index (χ2n) is 4.24. The number of nitrogens with one attached hydrogen (secondary N) is 1. The molecule has 0 aromatic heterocycles. The summed E-state index contributed by atoms with van der Waals surface area (Å²) in [4.78, 5) is 14.1. The third-order valence-electron chi connectivity index (χ3n) is 3.00. The van der Waals surface area contributed by atoms with E-state index in [1.807, 2.05) is 17.0 Å². The van der Waals surface area contributed by atoms with Crippen molar-refractivity contribution in [3.05, 3.63) is 12.1 Å². The summed E-state index contributed by atoms with van der Waals surface area (Å²) in [6.07, 6.45) is 1.67. The van der Waals surface area contributed by atoms with Crippen molar-refractivity contribution in [3.63, 3.8) is 0 Å². The van der Waals surface area contributed by atoms with Crippen LogP contribution in [0.1, 0.15) is 6.92 Å². The van der Waals surface area contributed by atoms with Gasteiger partial charge in [-0.2, -0.15) is 5.12 Å². The zero-order valence-corrected chi connectivity index (χ0v) is 12.1. The van der Waals surface area contributed by atoms with Crippen molar-refractivity contribution in [2.24, 2.45) is 5.10 Å². The third kappa shape index (κ3) is 1.83. The molecule has 0 bridgehead atoms. The van der Waals surface area contributed by atoms with Crippen LogP contribution in [0.25, 0.3) is 0 Å². The van der Waals surface area contributed by atoms with Gasteiger partial charge in [0.2, 0.25) is 5.91 Å². The number of nitrogens with zero attached hydrogens (tertiary/aromatic N) is 3. The van der Waals surface area contributed by atoms with E-state index >= 15 is 0 Å². The highest BCUT2D eigenvalue weighted by atomic mass is 32.2. The fraction of sp³-hybridized carbons (Fsp3) is 0.333. The van der Waals surface area contributed by atoms with Crippen LogP contribution in [0.5, 0.6) is 11.5 Å². The number of anilines is 1. The summed E-state index contributed by atoms with van der Waals surface area (Å²) in [7, 11) is 3.25. The molecule has 2 aliphatic rings. The fourth-order valence-corrected chi connectivity index (χ4v) is 3.46. The van der Waals surface area contributed by atoms with Crippen LogP contribution in [0, 0.1) is 0 Å². The van der Waals surface area contributed by atoms with Gasteiger partial charge in [-0.3, -0.25) is 9.69 Å². The van der Waals surface area contributed by atoms with E-state index in [1.165, 1.54) is 12.0 Å². The predicted octanol–water partition coefficient (Wildman–Crippen LogP) is 1.21. The maximum Gasteiger partial charge on any atom is 0.236 e. The number of amides is 1. The molecular formula is C12H14N4O3S. The first-order valence-electron chi connectivity index (χ1n) is 5.96. The Balaban J connectivity index is 2.00. The molecule has 3 rings (SSSR count). The van der Waals surface area contributed by atoms with E-state index in [0.717, 1.165) is 22.1 Å². The van der Waals surface area contributed by atoms with E-state index in [0.29, 0.717) is 0 Å². The van der Waals surface area contributed by atoms with Gasteiger partial charge in [0.1, 0.15) is 23.5 Å². The zero-order chi connectivity index (χ0) is 14.3. The van der Waals surface area contributed by atoms with Crippen LogP contribution in [-0.4, -0.2) is 37.1 Å². The Labute approximate surface area is 120 Å². The Morgan fingerprint density at radius 3 is 2.70 bits per heavy atom. The lowest BCUT2D eigenvalue weighted by Crippen LogP contribution is -2.44. The minimum Gasteiger partial charge on any atom is -0.495 e. The van der Waals surface area contributed by atoms with Crippen LogP contribution in [0.4, 0.5) is 5.69 Å². The highest BCUT2D eigenvalue weighted by molar-refractivity contribution is 8.00. The molecule has 2 heterocycles. The summed E-state index contributed by atoms with van der Waals surface area (Å²) in [5.41, 5.74) is 3.41. The van der Waals surface area contributed by atoms with E-state index in [-0.39, 0.29) is 11.4 Å². The molecule has 1 aromatic rings. The van der Waals surface area contributed by atoms with E-state index in [2.05, 4.69) is 10.5 Å². The standard InChI is InChI=1S/C12H14N4O3S/c1-7(17)14-16-12-15(6-13-16)10-8(18-2)4-5-9(19-3)11(10)20-12/h4-6,12H,1-3H3,(H,14,17). The van der Waals surface area contributed by atoms with Crippen molar-refractivity contribution in [2.75, 3.05) is 19.1 Å². The number of hydrazone groups is 1. The number of benzene rings is 1. The smallest absolute Gasteiger partial charge is 0.236 e. The molecule has 1 aromatic carbocycles. The SMILES string of the molecule is COc1ccc(OC)c2c1SC1N(NC(C)=O)N=CN21. The van der Waals surface area contributed by atoms with Crippen LogP contribution in [0.2, 0.25) is 0 Å². The molecule has 1 atom stereocenters. The maximum atomic E-state index is 11.2. The van der Waals surface area contributed by atoms with Gasteiger partial charge in [-0.05, 0) is 12.1 Å². The molecule has 7 nitrogen and oxygen atoms in total. The van der Waals surface area contributed by atoms with E-state index in [9.17, 15) is 4.79 Å². The molecule has 0 aliphatic carbocycles. The minimum atomic E-state index is -0.168. The number of methoxy groups -OCH3 is 2. The van der Waals surface area contributed by atoms with Gasteiger partial charge in [0.05, 0.1) is 19.1 Å². The Kier molecular flexibility index (Phi) is 3.09. The van der Waals surface area contributed by atoms with E-state index in [1.54, 1.807) is 32.3 Å². The topological polar surface area (TPSA) is 66.4 Å². The van der Waals surface area contributed by atoms with Gasteiger partial charge in [-0.15, -0.1) is 5.10 Å². The minimum absolute atomic E-state index is 0.167. The Bertz CT molecular complexity index is 592. The van der Waals surface area contributed by atoms with Crippen molar-refractivity contribution in [1.82, 2.24) is 10.5 Å². The molecule has 0 saturated heterocycles. The maximum absolute atomic E-state index is 11.2. The fourth-order valence-electron chi connectivity index (χ4n) is 2.19. The number of ether oxygens (including phenoxy) is 2. The molecule has 106 valence electrons. The quantitative estimate of drug-likeness (QED) is 0.904. The van der Waals surface area contributed by atoms with Crippen LogP contribution in [0.3, 0.4) is 0 Å². The average Bonchev–Trinajstić information content (AvgIpc) is 2.97. The zero-order valence-electron chi connectivity index (χ0n) is 11.3. The van der Waals surface area contributed by atoms with Crippen LogP contribution >= 0.6 is 11.8 Å². The number of hydrazine groups is 1. The van der Waals surface area contributed by atoms with Gasteiger partial charge in [-0.25, -0.2) is 5.43 Å². The molecule has 1 amide bonds. The van der Waals surface area contributed by atoms with Crippen LogP contribution in [0.15, 0.2) is 22.1 Å². The summed E-state index contributed by atoms with van der Waals surface area (Å²) in [5, 5.41) is 5.69. The number of thioether (sulfide) groups is 1. The highest BCUT2D eigenvalue weighted by Gasteiger charge is 2.41. The normalized spacial score (nSPS) is 18.9. The number of hydrogen-bond acceptors (Lipinski definition) is 7. The number of hydrogen-bond donors (Lipinski definition) is 1. The molecule has 1 unspecified atom stereocenters. The number of fused-ring (bicyclic) bond motifs is 3. The Hall–Kier alpha value is -2.09. The van der Waals surface area contributed by atoms with Crippen molar-refractivity contribution in [3.8, 4) is 11.5 Å². The molecule has 0 saturated carbocycles. The number of carbonyl (C=O) groups is 1. The lowest BCUT2D eigenvalue weighted by Gasteiger charge is -2.23. The molecule has 0 fully saturated rings. The molecular weight excluding hydrogens is 280 g/mol.